The molecule has 0 heterocycles. The Morgan fingerprint density at radius 1 is 0.889 bits per heavy atom. The Labute approximate surface area is 181 Å². The molecule has 0 bridgehead atoms. The first-order valence-electron chi connectivity index (χ1n) is 9.60. The van der Waals surface area contributed by atoms with Gasteiger partial charge in [-0.1, -0.05) is 12.1 Å². The highest BCUT2D eigenvalue weighted by Gasteiger charge is 2.00. The van der Waals surface area contributed by atoms with E-state index in [1.54, 1.807) is 7.11 Å². The van der Waals surface area contributed by atoms with Crippen LogP contribution in [0.4, 0.5) is 0 Å². The van der Waals surface area contributed by atoms with Crippen molar-refractivity contribution >= 4 is 29.9 Å². The topological polar surface area (TPSA) is 64.1 Å². The number of methoxy groups -OCH3 is 1. The fraction of sp³-hybridized carbons (Fsp3) is 0.650. The average Bonchev–Trinajstić information content (AvgIpc) is 2.68. The normalized spacial score (nSPS) is 11.0. The van der Waals surface area contributed by atoms with Crippen LogP contribution in [-0.4, -0.2) is 52.6 Å². The predicted molar refractivity (Wildman–Crippen MR) is 122 cm³/mol. The number of rotatable bonds is 14. The van der Waals surface area contributed by atoms with Gasteiger partial charge in [0, 0.05) is 39.5 Å². The van der Waals surface area contributed by atoms with Crippen LogP contribution in [0.3, 0.4) is 0 Å². The third-order valence-electron chi connectivity index (χ3n) is 3.75. The molecule has 2 N–H and O–H groups in total. The van der Waals surface area contributed by atoms with Gasteiger partial charge in [0.1, 0.15) is 5.75 Å². The van der Waals surface area contributed by atoms with Crippen molar-refractivity contribution in [1.82, 2.24) is 10.6 Å². The van der Waals surface area contributed by atoms with Gasteiger partial charge in [-0.2, -0.15) is 0 Å². The van der Waals surface area contributed by atoms with Crippen molar-refractivity contribution in [2.45, 2.75) is 39.7 Å². The number of nitrogens with zero attached hydrogens (tertiary/aromatic N) is 1. The van der Waals surface area contributed by atoms with E-state index in [1.165, 1.54) is 0 Å². The molecule has 0 aliphatic carbocycles. The third-order valence-corrected chi connectivity index (χ3v) is 3.75. The van der Waals surface area contributed by atoms with Crippen LogP contribution in [0.15, 0.2) is 29.3 Å². The van der Waals surface area contributed by atoms with E-state index < -0.39 is 0 Å². The highest BCUT2D eigenvalue weighted by atomic mass is 127. The first kappa shape index (κ1) is 25.9. The van der Waals surface area contributed by atoms with Crippen LogP contribution < -0.4 is 15.4 Å². The molecule has 0 atom stereocenters. The summed E-state index contributed by atoms with van der Waals surface area (Å²) in [5, 5.41) is 6.77. The number of unbranched alkanes of at least 4 members (excludes halogenated alkanes) is 1. The lowest BCUT2D eigenvalue weighted by Gasteiger charge is -2.13. The summed E-state index contributed by atoms with van der Waals surface area (Å²) in [5.41, 5.74) is 1.15. The summed E-state index contributed by atoms with van der Waals surface area (Å²) in [6.45, 7) is 9.51. The van der Waals surface area contributed by atoms with E-state index in [-0.39, 0.29) is 24.0 Å². The van der Waals surface area contributed by atoms with Gasteiger partial charge in [0.15, 0.2) is 5.96 Å². The molecular formula is C20H36IN3O3. The molecule has 0 saturated carbocycles. The van der Waals surface area contributed by atoms with Gasteiger partial charge in [-0.05, 0) is 50.8 Å². The van der Waals surface area contributed by atoms with E-state index in [1.807, 2.05) is 38.1 Å². The van der Waals surface area contributed by atoms with E-state index in [0.717, 1.165) is 76.1 Å². The number of hydrogen-bond donors (Lipinski definition) is 2. The van der Waals surface area contributed by atoms with Crippen LogP contribution in [0.2, 0.25) is 0 Å². The van der Waals surface area contributed by atoms with Crippen LogP contribution in [0.5, 0.6) is 5.75 Å². The number of hydrogen-bond acceptors (Lipinski definition) is 4. The molecule has 0 aliphatic heterocycles. The van der Waals surface area contributed by atoms with E-state index in [2.05, 4.69) is 15.6 Å². The fourth-order valence-corrected chi connectivity index (χ4v) is 2.28. The lowest BCUT2D eigenvalue weighted by atomic mass is 10.2. The van der Waals surface area contributed by atoms with Crippen molar-refractivity contribution < 1.29 is 14.2 Å². The van der Waals surface area contributed by atoms with Gasteiger partial charge in [0.25, 0.3) is 0 Å². The Kier molecular flexibility index (Phi) is 17.6. The zero-order valence-electron chi connectivity index (χ0n) is 17.0. The SMILES string of the molecule is CCOCCCCNC(=NCc1ccc(OC)cc1)NCCCOCC.I. The predicted octanol–water partition coefficient (Wildman–Crippen LogP) is 3.59. The summed E-state index contributed by atoms with van der Waals surface area (Å²) in [5.74, 6) is 1.70. The van der Waals surface area contributed by atoms with E-state index in [0.29, 0.717) is 6.54 Å². The Bertz CT molecular complexity index is 484. The molecule has 0 spiro atoms. The van der Waals surface area contributed by atoms with E-state index in [4.69, 9.17) is 14.2 Å². The van der Waals surface area contributed by atoms with Gasteiger partial charge in [0.2, 0.25) is 0 Å². The van der Waals surface area contributed by atoms with Crippen molar-refractivity contribution in [1.29, 1.82) is 0 Å². The first-order chi connectivity index (χ1) is 12.8. The number of ether oxygens (including phenoxy) is 3. The Hall–Kier alpha value is -1.06. The van der Waals surface area contributed by atoms with Gasteiger partial charge in [-0.25, -0.2) is 4.99 Å². The monoisotopic (exact) mass is 493 g/mol. The molecule has 1 rings (SSSR count). The molecular weight excluding hydrogens is 457 g/mol. The van der Waals surface area contributed by atoms with Crippen LogP contribution in [0.25, 0.3) is 0 Å². The Morgan fingerprint density at radius 3 is 2.07 bits per heavy atom. The first-order valence-corrected chi connectivity index (χ1v) is 9.60. The summed E-state index contributed by atoms with van der Waals surface area (Å²) in [6, 6.07) is 8.00. The molecule has 1 aromatic carbocycles. The molecule has 0 radical (unpaired) electrons. The summed E-state index contributed by atoms with van der Waals surface area (Å²) in [7, 11) is 1.67. The summed E-state index contributed by atoms with van der Waals surface area (Å²) >= 11 is 0. The van der Waals surface area contributed by atoms with Crippen molar-refractivity contribution in [3.05, 3.63) is 29.8 Å². The second kappa shape index (κ2) is 18.3. The van der Waals surface area contributed by atoms with E-state index >= 15 is 0 Å². The maximum absolute atomic E-state index is 5.38. The number of aliphatic imine (C=N–C) groups is 1. The number of halogens is 1. The minimum Gasteiger partial charge on any atom is -0.497 e. The molecule has 0 saturated heterocycles. The summed E-state index contributed by atoms with van der Waals surface area (Å²) in [6.07, 6.45) is 3.07. The molecule has 27 heavy (non-hydrogen) atoms. The second-order valence-electron chi connectivity index (χ2n) is 5.82. The minimum atomic E-state index is 0. The summed E-state index contributed by atoms with van der Waals surface area (Å²) < 4.78 is 15.9. The lowest BCUT2D eigenvalue weighted by molar-refractivity contribution is 0.143. The quantitative estimate of drug-likeness (QED) is 0.180. The Balaban J connectivity index is 0.00000676. The molecule has 156 valence electrons. The van der Waals surface area contributed by atoms with Crippen molar-refractivity contribution in [3.8, 4) is 5.75 Å². The third kappa shape index (κ3) is 13.7. The largest absolute Gasteiger partial charge is 0.497 e. The highest BCUT2D eigenvalue weighted by molar-refractivity contribution is 14.0. The zero-order chi connectivity index (χ0) is 18.9. The van der Waals surface area contributed by atoms with Crippen molar-refractivity contribution in [2.75, 3.05) is 46.6 Å². The average molecular weight is 493 g/mol. The van der Waals surface area contributed by atoms with Crippen LogP contribution in [0.1, 0.15) is 38.7 Å². The molecule has 0 aromatic heterocycles. The maximum atomic E-state index is 5.38. The molecule has 0 fully saturated rings. The van der Waals surface area contributed by atoms with Gasteiger partial charge < -0.3 is 24.8 Å². The summed E-state index contributed by atoms with van der Waals surface area (Å²) in [4.78, 5) is 4.68. The second-order valence-corrected chi connectivity index (χ2v) is 5.82. The van der Waals surface area contributed by atoms with Crippen LogP contribution in [-0.2, 0) is 16.0 Å². The minimum absolute atomic E-state index is 0. The maximum Gasteiger partial charge on any atom is 0.191 e. The highest BCUT2D eigenvalue weighted by Crippen LogP contribution is 2.11. The van der Waals surface area contributed by atoms with Gasteiger partial charge in [-0.15, -0.1) is 24.0 Å². The van der Waals surface area contributed by atoms with Crippen LogP contribution in [0, 0.1) is 0 Å². The lowest BCUT2D eigenvalue weighted by Crippen LogP contribution is -2.38. The van der Waals surface area contributed by atoms with Crippen LogP contribution >= 0.6 is 24.0 Å². The molecule has 6 nitrogen and oxygen atoms in total. The van der Waals surface area contributed by atoms with Gasteiger partial charge in [0.05, 0.1) is 13.7 Å². The fourth-order valence-electron chi connectivity index (χ4n) is 2.28. The van der Waals surface area contributed by atoms with Crippen molar-refractivity contribution in [2.24, 2.45) is 4.99 Å². The molecule has 0 amide bonds. The number of nitrogens with one attached hydrogen (secondary N) is 2. The van der Waals surface area contributed by atoms with Gasteiger partial charge in [-0.3, -0.25) is 0 Å². The van der Waals surface area contributed by atoms with Gasteiger partial charge >= 0.3 is 0 Å². The molecule has 7 heteroatoms. The zero-order valence-corrected chi connectivity index (χ0v) is 19.3. The van der Waals surface area contributed by atoms with E-state index in [9.17, 15) is 0 Å². The smallest absolute Gasteiger partial charge is 0.191 e. The standard InChI is InChI=1S/C20H35N3O3.HI/c1-4-25-15-7-6-13-21-20(22-14-8-16-26-5-2)23-17-18-9-11-19(24-3)12-10-18;/h9-12H,4-8,13-17H2,1-3H3,(H2,21,22,23);1H. The molecule has 0 unspecified atom stereocenters. The van der Waals surface area contributed by atoms with Crippen molar-refractivity contribution in [3.63, 3.8) is 0 Å². The number of benzene rings is 1. The Morgan fingerprint density at radius 2 is 1.48 bits per heavy atom. The molecule has 1 aromatic rings. The molecule has 0 aliphatic rings. The number of guanidine groups is 1.